The highest BCUT2D eigenvalue weighted by Gasteiger charge is 2.24. The minimum atomic E-state index is -0.563. The van der Waals surface area contributed by atoms with E-state index in [1.807, 2.05) is 13.8 Å². The summed E-state index contributed by atoms with van der Waals surface area (Å²) in [7, 11) is 0. The van der Waals surface area contributed by atoms with Gasteiger partial charge in [-0.15, -0.1) is 0 Å². The maximum atomic E-state index is 9.18. The number of nitrogens with one attached hydrogen (secondary N) is 2. The van der Waals surface area contributed by atoms with Crippen molar-refractivity contribution in [3.8, 4) is 0 Å². The summed E-state index contributed by atoms with van der Waals surface area (Å²) in [5.74, 6) is -0.194. The lowest BCUT2D eigenvalue weighted by Gasteiger charge is -2.25. The maximum Gasteiger partial charge on any atom is 0.196 e. The fourth-order valence-corrected chi connectivity index (χ4v) is 1.09. The molecule has 0 radical (unpaired) electrons. The zero-order valence-corrected chi connectivity index (χ0v) is 8.67. The number of nitrogens with zero attached hydrogens (tertiary/aromatic N) is 1. The van der Waals surface area contributed by atoms with Crippen LogP contribution in [0.1, 0.15) is 26.7 Å². The maximum absolute atomic E-state index is 9.18. The molecule has 0 rings (SSSR count). The van der Waals surface area contributed by atoms with Crippen molar-refractivity contribution in [1.29, 1.82) is 5.41 Å². The fourth-order valence-electron chi connectivity index (χ4n) is 1.09. The van der Waals surface area contributed by atoms with Crippen LogP contribution in [0.3, 0.4) is 0 Å². The Hall–Kier alpha value is -1.30. The van der Waals surface area contributed by atoms with Crippen molar-refractivity contribution in [1.82, 2.24) is 5.32 Å². The molecule has 0 bridgehead atoms. The fraction of sp³-hybridized carbons (Fsp3) is 0.750. The third kappa shape index (κ3) is 3.61. The number of nitrogens with two attached hydrogens (primary N) is 2. The topological polar surface area (TPSA) is 121 Å². The summed E-state index contributed by atoms with van der Waals surface area (Å²) in [5.41, 5.74) is 10.0. The molecule has 0 fully saturated rings. The minimum absolute atomic E-state index is 0.0650. The Kier molecular flexibility index (Phi) is 4.93. The van der Waals surface area contributed by atoms with Gasteiger partial charge in [0.25, 0.3) is 0 Å². The molecule has 14 heavy (non-hydrogen) atoms. The standard InChI is InChI=1S/C8H19N5O/c1-3-8(4-2,5-14)13-7(11)12-6(9)10/h14H,3-5H2,1-2H3,(H6,9,10,11,12,13). The quantitative estimate of drug-likeness (QED) is 0.306. The van der Waals surface area contributed by atoms with Crippen LogP contribution in [0.4, 0.5) is 0 Å². The monoisotopic (exact) mass is 201 g/mol. The van der Waals surface area contributed by atoms with Crippen LogP contribution in [0, 0.1) is 5.41 Å². The Labute approximate surface area is 83.9 Å². The van der Waals surface area contributed by atoms with Crippen molar-refractivity contribution < 1.29 is 5.11 Å². The Morgan fingerprint density at radius 1 is 1.43 bits per heavy atom. The van der Waals surface area contributed by atoms with Crippen LogP contribution in [-0.2, 0) is 0 Å². The Morgan fingerprint density at radius 2 is 1.93 bits per heavy atom. The number of aliphatic hydroxyl groups excluding tert-OH is 1. The van der Waals surface area contributed by atoms with Crippen LogP contribution >= 0.6 is 0 Å². The predicted molar refractivity (Wildman–Crippen MR) is 57.1 cm³/mol. The van der Waals surface area contributed by atoms with E-state index in [2.05, 4.69) is 10.3 Å². The molecule has 0 aromatic heterocycles. The molecule has 0 aliphatic carbocycles. The second-order valence-electron chi connectivity index (χ2n) is 3.13. The first kappa shape index (κ1) is 12.7. The second-order valence-corrected chi connectivity index (χ2v) is 3.13. The highest BCUT2D eigenvalue weighted by atomic mass is 16.3. The molecule has 0 unspecified atom stereocenters. The van der Waals surface area contributed by atoms with E-state index in [-0.39, 0.29) is 18.5 Å². The molecule has 0 aliphatic heterocycles. The smallest absolute Gasteiger partial charge is 0.196 e. The molecule has 6 nitrogen and oxygen atoms in total. The highest BCUT2D eigenvalue weighted by Crippen LogP contribution is 2.19. The van der Waals surface area contributed by atoms with Gasteiger partial charge in [0.15, 0.2) is 11.9 Å². The zero-order chi connectivity index (χ0) is 11.2. The number of aliphatic imine (C=N–C) groups is 1. The van der Waals surface area contributed by atoms with E-state index >= 15 is 0 Å². The third-order valence-electron chi connectivity index (χ3n) is 2.23. The molecular formula is C8H19N5O. The summed E-state index contributed by atoms with van der Waals surface area (Å²) < 4.78 is 0. The first-order chi connectivity index (χ1) is 6.49. The Bertz CT molecular complexity index is 214. The Morgan fingerprint density at radius 3 is 2.21 bits per heavy atom. The van der Waals surface area contributed by atoms with Gasteiger partial charge in [0, 0.05) is 0 Å². The van der Waals surface area contributed by atoms with E-state index in [4.69, 9.17) is 16.9 Å². The third-order valence-corrected chi connectivity index (χ3v) is 2.23. The number of hydrogen-bond donors (Lipinski definition) is 5. The molecule has 0 saturated carbocycles. The van der Waals surface area contributed by atoms with Crippen molar-refractivity contribution in [3.05, 3.63) is 0 Å². The van der Waals surface area contributed by atoms with Crippen LogP contribution in [-0.4, -0.2) is 29.2 Å². The molecule has 0 aromatic carbocycles. The molecule has 6 heteroatoms. The summed E-state index contributed by atoms with van der Waals surface area (Å²) in [4.78, 5) is 4.12. The lowest BCUT2D eigenvalue weighted by Crippen LogP contribution is -2.44. The molecule has 82 valence electrons. The molecule has 0 saturated heterocycles. The van der Waals surface area contributed by atoms with E-state index in [9.17, 15) is 5.11 Å². The molecule has 0 spiro atoms. The van der Waals surface area contributed by atoms with Crippen LogP contribution in [0.15, 0.2) is 4.99 Å². The van der Waals surface area contributed by atoms with Gasteiger partial charge in [0.05, 0.1) is 12.1 Å². The number of rotatable bonds is 4. The molecule has 7 N–H and O–H groups in total. The molecule has 0 amide bonds. The lowest BCUT2D eigenvalue weighted by atomic mass is 9.95. The zero-order valence-electron chi connectivity index (χ0n) is 8.67. The van der Waals surface area contributed by atoms with E-state index < -0.39 is 5.54 Å². The van der Waals surface area contributed by atoms with Crippen molar-refractivity contribution in [3.63, 3.8) is 0 Å². The van der Waals surface area contributed by atoms with Gasteiger partial charge in [-0.3, -0.25) is 10.7 Å². The van der Waals surface area contributed by atoms with Crippen molar-refractivity contribution in [2.24, 2.45) is 16.5 Å². The van der Waals surface area contributed by atoms with Gasteiger partial charge in [0.2, 0.25) is 0 Å². The van der Waals surface area contributed by atoms with Crippen molar-refractivity contribution in [2.75, 3.05) is 6.61 Å². The molecule has 0 aromatic rings. The lowest BCUT2D eigenvalue weighted by molar-refractivity contribution is 0.188. The molecule has 0 atom stereocenters. The summed E-state index contributed by atoms with van der Waals surface area (Å²) >= 11 is 0. The van der Waals surface area contributed by atoms with Gasteiger partial charge in [-0.2, -0.15) is 0 Å². The van der Waals surface area contributed by atoms with E-state index in [1.165, 1.54) is 0 Å². The van der Waals surface area contributed by atoms with Crippen LogP contribution in [0.2, 0.25) is 0 Å². The van der Waals surface area contributed by atoms with Crippen LogP contribution in [0.5, 0.6) is 0 Å². The molecular weight excluding hydrogens is 182 g/mol. The first-order valence-electron chi connectivity index (χ1n) is 4.57. The van der Waals surface area contributed by atoms with Gasteiger partial charge >= 0.3 is 0 Å². The average Bonchev–Trinajstić information content (AvgIpc) is 2.13. The number of aliphatic hydroxyl groups is 1. The summed E-state index contributed by atoms with van der Waals surface area (Å²) in [6.07, 6.45) is 1.36. The first-order valence-corrected chi connectivity index (χ1v) is 4.57. The van der Waals surface area contributed by atoms with Crippen molar-refractivity contribution >= 4 is 11.9 Å². The average molecular weight is 201 g/mol. The summed E-state index contributed by atoms with van der Waals surface area (Å²) in [6, 6.07) is 0. The van der Waals surface area contributed by atoms with Crippen LogP contribution in [0.25, 0.3) is 0 Å². The van der Waals surface area contributed by atoms with Gasteiger partial charge in [-0.1, -0.05) is 13.8 Å². The summed E-state index contributed by atoms with van der Waals surface area (Å²) in [6.45, 7) is 3.77. The van der Waals surface area contributed by atoms with Crippen LogP contribution < -0.4 is 16.8 Å². The molecule has 0 heterocycles. The minimum Gasteiger partial charge on any atom is -0.394 e. The SMILES string of the molecule is CCC(CC)(CO)N=C(N)NC(=N)N. The molecule has 0 aliphatic rings. The normalized spacial score (nSPS) is 12.6. The largest absolute Gasteiger partial charge is 0.394 e. The second kappa shape index (κ2) is 5.43. The summed E-state index contributed by atoms with van der Waals surface area (Å²) in [5, 5.41) is 18.5. The predicted octanol–water partition coefficient (Wildman–Crippen LogP) is -0.665. The van der Waals surface area contributed by atoms with Gasteiger partial charge < -0.3 is 16.6 Å². The number of hydrogen-bond acceptors (Lipinski definition) is 3. The highest BCUT2D eigenvalue weighted by molar-refractivity contribution is 5.95. The van der Waals surface area contributed by atoms with E-state index in [1.54, 1.807) is 0 Å². The van der Waals surface area contributed by atoms with Gasteiger partial charge in [-0.05, 0) is 12.8 Å². The Balaban J connectivity index is 4.62. The van der Waals surface area contributed by atoms with Gasteiger partial charge in [0.1, 0.15) is 0 Å². The van der Waals surface area contributed by atoms with E-state index in [0.717, 1.165) is 0 Å². The van der Waals surface area contributed by atoms with Gasteiger partial charge in [-0.25, -0.2) is 4.99 Å². The van der Waals surface area contributed by atoms with E-state index in [0.29, 0.717) is 12.8 Å². The van der Waals surface area contributed by atoms with Crippen molar-refractivity contribution in [2.45, 2.75) is 32.2 Å². The number of guanidine groups is 2.